The second-order valence-corrected chi connectivity index (χ2v) is 10.2. The number of carbonyl (C=O) groups is 1. The molecule has 0 saturated carbocycles. The Morgan fingerprint density at radius 3 is 2.58 bits per heavy atom. The summed E-state index contributed by atoms with van der Waals surface area (Å²) in [4.78, 5) is 35.3. The molecule has 6 rings (SSSR count). The van der Waals surface area contributed by atoms with Gasteiger partial charge in [-0.1, -0.05) is 36.4 Å². The number of halogens is 1. The maximum absolute atomic E-state index is 15.4. The van der Waals surface area contributed by atoms with Gasteiger partial charge in [0.05, 0.1) is 36.5 Å². The number of rotatable bonds is 7. The molecule has 1 atom stereocenters. The lowest BCUT2D eigenvalue weighted by Gasteiger charge is -2.14. The highest BCUT2D eigenvalue weighted by Crippen LogP contribution is 2.32. The third kappa shape index (κ3) is 5.38. The summed E-state index contributed by atoms with van der Waals surface area (Å²) in [7, 11) is 1.73. The Morgan fingerprint density at radius 1 is 1.09 bits per heavy atom. The van der Waals surface area contributed by atoms with Gasteiger partial charge in [-0.3, -0.25) is 14.3 Å². The molecule has 1 amide bonds. The molecule has 0 spiro atoms. The lowest BCUT2D eigenvalue weighted by Crippen LogP contribution is -2.25. The number of benzene rings is 3. The minimum absolute atomic E-state index is 0.0481. The molecule has 5 aromatic rings. The number of hydrogen-bond acceptors (Lipinski definition) is 7. The van der Waals surface area contributed by atoms with Crippen molar-refractivity contribution in [2.75, 3.05) is 24.3 Å². The van der Waals surface area contributed by atoms with Gasteiger partial charge in [0.25, 0.3) is 11.5 Å². The molecule has 3 heterocycles. The average molecular weight is 581 g/mol. The van der Waals surface area contributed by atoms with E-state index in [9.17, 15) is 9.59 Å². The first-order valence-corrected chi connectivity index (χ1v) is 13.7. The summed E-state index contributed by atoms with van der Waals surface area (Å²) < 4.78 is 29.6. The second-order valence-electron chi connectivity index (χ2n) is 10.2. The number of ether oxygens (including phenoxy) is 2. The van der Waals surface area contributed by atoms with E-state index in [1.165, 1.54) is 10.9 Å². The van der Waals surface area contributed by atoms with Crippen molar-refractivity contribution in [3.8, 4) is 34.0 Å². The van der Waals surface area contributed by atoms with Crippen molar-refractivity contribution in [2.24, 2.45) is 7.05 Å². The Bertz CT molecular complexity index is 1860. The molecule has 10 nitrogen and oxygen atoms in total. The van der Waals surface area contributed by atoms with Crippen LogP contribution in [0.5, 0.6) is 5.75 Å². The Labute approximate surface area is 246 Å². The van der Waals surface area contributed by atoms with Crippen molar-refractivity contribution in [1.29, 1.82) is 0 Å². The van der Waals surface area contributed by atoms with Crippen molar-refractivity contribution in [1.82, 2.24) is 19.3 Å². The van der Waals surface area contributed by atoms with Crippen molar-refractivity contribution < 1.29 is 18.7 Å². The standard InChI is InChI=1S/C32H29FN6O4/c1-19-27(32(41)39(38(19)2)22-7-4-3-5-8-22)31(40)36-21-13-11-20(12-14-21)29-30(34)35-17-25(37-29)24-9-6-10-26(28(24)33)43-23-15-16-42-18-23/h3-14,17,23H,15-16,18H2,1-2H3,(H2,34,35)(H,36,40). The van der Waals surface area contributed by atoms with Gasteiger partial charge in [-0.05, 0) is 43.3 Å². The summed E-state index contributed by atoms with van der Waals surface area (Å²) in [6.45, 7) is 2.73. The van der Waals surface area contributed by atoms with Crippen LogP contribution >= 0.6 is 0 Å². The summed E-state index contributed by atoms with van der Waals surface area (Å²) in [5.41, 5.74) is 8.93. The number of nitrogens with one attached hydrogen (secondary N) is 1. The lowest BCUT2D eigenvalue weighted by atomic mass is 10.1. The monoisotopic (exact) mass is 580 g/mol. The third-order valence-electron chi connectivity index (χ3n) is 7.42. The zero-order chi connectivity index (χ0) is 30.1. The predicted molar refractivity (Wildman–Crippen MR) is 161 cm³/mol. The van der Waals surface area contributed by atoms with Gasteiger partial charge in [0.15, 0.2) is 11.6 Å². The average Bonchev–Trinajstić information content (AvgIpc) is 3.60. The quantitative estimate of drug-likeness (QED) is 0.285. The molecule has 0 aliphatic carbocycles. The van der Waals surface area contributed by atoms with Crippen LogP contribution in [0.1, 0.15) is 22.5 Å². The Kier molecular flexibility index (Phi) is 7.47. The number of aromatic nitrogens is 4. The normalized spacial score (nSPS) is 14.5. The van der Waals surface area contributed by atoms with E-state index < -0.39 is 17.3 Å². The van der Waals surface area contributed by atoms with Crippen molar-refractivity contribution >= 4 is 17.4 Å². The fourth-order valence-corrected chi connectivity index (χ4v) is 5.06. The maximum atomic E-state index is 15.4. The van der Waals surface area contributed by atoms with Gasteiger partial charge in [-0.25, -0.2) is 19.0 Å². The fraction of sp³-hybridized carbons (Fsp3) is 0.188. The minimum atomic E-state index is -0.542. The van der Waals surface area contributed by atoms with Gasteiger partial charge in [0, 0.05) is 30.3 Å². The molecule has 3 aromatic carbocycles. The van der Waals surface area contributed by atoms with E-state index in [-0.39, 0.29) is 28.8 Å². The van der Waals surface area contributed by atoms with Gasteiger partial charge in [0.2, 0.25) is 0 Å². The van der Waals surface area contributed by atoms with Gasteiger partial charge < -0.3 is 20.5 Å². The smallest absolute Gasteiger partial charge is 0.284 e. The van der Waals surface area contributed by atoms with Crippen LogP contribution in [-0.4, -0.2) is 44.6 Å². The van der Waals surface area contributed by atoms with Gasteiger partial charge in [0.1, 0.15) is 23.2 Å². The molecule has 218 valence electrons. The van der Waals surface area contributed by atoms with E-state index in [0.29, 0.717) is 53.7 Å². The number of nitrogens with two attached hydrogens (primary N) is 1. The molecule has 1 saturated heterocycles. The second kappa shape index (κ2) is 11.5. The minimum Gasteiger partial charge on any atom is -0.485 e. The maximum Gasteiger partial charge on any atom is 0.284 e. The predicted octanol–water partition coefficient (Wildman–Crippen LogP) is 4.75. The lowest BCUT2D eigenvalue weighted by molar-refractivity contribution is 0.102. The number of amides is 1. The molecule has 1 fully saturated rings. The van der Waals surface area contributed by atoms with E-state index >= 15 is 4.39 Å². The van der Waals surface area contributed by atoms with Crippen molar-refractivity contribution in [3.63, 3.8) is 0 Å². The Hall–Kier alpha value is -5.29. The molecule has 3 N–H and O–H groups in total. The molecular formula is C32H29FN6O4. The van der Waals surface area contributed by atoms with Gasteiger partial charge >= 0.3 is 0 Å². The van der Waals surface area contributed by atoms with Crippen molar-refractivity contribution in [2.45, 2.75) is 19.4 Å². The molecule has 2 aromatic heterocycles. The summed E-state index contributed by atoms with van der Waals surface area (Å²) in [6, 6.07) is 20.8. The van der Waals surface area contributed by atoms with Gasteiger partial charge in [-0.2, -0.15) is 0 Å². The molecule has 0 radical (unpaired) electrons. The van der Waals surface area contributed by atoms with Crippen LogP contribution in [0.2, 0.25) is 0 Å². The first-order valence-electron chi connectivity index (χ1n) is 13.7. The highest BCUT2D eigenvalue weighted by Gasteiger charge is 2.23. The van der Waals surface area contributed by atoms with Gasteiger partial charge in [-0.15, -0.1) is 0 Å². The molecule has 11 heteroatoms. The highest BCUT2D eigenvalue weighted by molar-refractivity contribution is 6.05. The van der Waals surface area contributed by atoms with Crippen LogP contribution in [0.15, 0.2) is 83.8 Å². The number of hydrogen-bond donors (Lipinski definition) is 2. The Balaban J connectivity index is 1.24. The fourth-order valence-electron chi connectivity index (χ4n) is 5.06. The summed E-state index contributed by atoms with van der Waals surface area (Å²) in [5, 5.41) is 2.80. The first-order chi connectivity index (χ1) is 20.8. The number of anilines is 2. The molecule has 43 heavy (non-hydrogen) atoms. The van der Waals surface area contributed by atoms with E-state index in [0.717, 1.165) is 0 Å². The molecule has 1 aliphatic rings. The first kappa shape index (κ1) is 27.9. The van der Waals surface area contributed by atoms with Crippen LogP contribution < -0.4 is 21.3 Å². The molecule has 1 aliphatic heterocycles. The summed E-state index contributed by atoms with van der Waals surface area (Å²) in [5.74, 6) is -0.779. The number of carbonyl (C=O) groups excluding carboxylic acids is 1. The number of nitrogens with zero attached hydrogens (tertiary/aromatic N) is 4. The van der Waals surface area contributed by atoms with Crippen LogP contribution in [0.25, 0.3) is 28.2 Å². The van der Waals surface area contributed by atoms with E-state index in [1.54, 1.807) is 73.3 Å². The zero-order valence-electron chi connectivity index (χ0n) is 23.6. The molecular weight excluding hydrogens is 551 g/mol. The van der Waals surface area contributed by atoms with Crippen LogP contribution in [0, 0.1) is 12.7 Å². The van der Waals surface area contributed by atoms with Crippen LogP contribution in [0.3, 0.4) is 0 Å². The highest BCUT2D eigenvalue weighted by atomic mass is 19.1. The molecule has 1 unspecified atom stereocenters. The zero-order valence-corrected chi connectivity index (χ0v) is 23.6. The van der Waals surface area contributed by atoms with E-state index in [1.807, 2.05) is 18.2 Å². The van der Waals surface area contributed by atoms with Crippen LogP contribution in [0.4, 0.5) is 15.9 Å². The topological polar surface area (TPSA) is 126 Å². The van der Waals surface area contributed by atoms with E-state index in [2.05, 4.69) is 15.3 Å². The summed E-state index contributed by atoms with van der Waals surface area (Å²) >= 11 is 0. The Morgan fingerprint density at radius 2 is 1.86 bits per heavy atom. The third-order valence-corrected chi connectivity index (χ3v) is 7.42. The summed E-state index contributed by atoms with van der Waals surface area (Å²) in [6.07, 6.45) is 1.91. The largest absolute Gasteiger partial charge is 0.485 e. The van der Waals surface area contributed by atoms with Crippen molar-refractivity contribution in [3.05, 3.63) is 106 Å². The number of nitrogen functional groups attached to an aromatic ring is 1. The SMILES string of the molecule is Cc1c(C(=O)Nc2ccc(-c3nc(-c4cccc(OC5CCOC5)c4F)cnc3N)cc2)c(=O)n(-c2ccccc2)n1C. The van der Waals surface area contributed by atoms with Crippen LogP contribution in [-0.2, 0) is 11.8 Å². The van der Waals surface area contributed by atoms with E-state index in [4.69, 9.17) is 15.2 Å². The number of para-hydroxylation sites is 1. The molecule has 0 bridgehead atoms.